The summed E-state index contributed by atoms with van der Waals surface area (Å²) in [5, 5.41) is 3.46. The van der Waals surface area contributed by atoms with Gasteiger partial charge >= 0.3 is 0 Å². The third-order valence-corrected chi connectivity index (χ3v) is 4.53. The van der Waals surface area contributed by atoms with Crippen molar-refractivity contribution in [3.05, 3.63) is 0 Å². The highest BCUT2D eigenvalue weighted by atomic mass is 15.2. The van der Waals surface area contributed by atoms with Crippen molar-refractivity contribution in [3.8, 4) is 0 Å². The van der Waals surface area contributed by atoms with Gasteiger partial charge in [-0.2, -0.15) is 0 Å². The highest BCUT2D eigenvalue weighted by molar-refractivity contribution is 4.89. The Kier molecular flexibility index (Phi) is 5.77. The van der Waals surface area contributed by atoms with Crippen molar-refractivity contribution in [1.82, 2.24) is 10.2 Å². The lowest BCUT2D eigenvalue weighted by Gasteiger charge is -2.45. The summed E-state index contributed by atoms with van der Waals surface area (Å²) in [7, 11) is 2.10. The highest BCUT2D eigenvalue weighted by Gasteiger charge is 2.33. The second kappa shape index (κ2) is 6.61. The average Bonchev–Trinajstić information content (AvgIpc) is 2.29. The molecule has 4 atom stereocenters. The number of unbranched alkanes of at least 4 members (excludes halogenated alkanes) is 1. The molecule has 0 amide bonds. The third kappa shape index (κ3) is 3.21. The Labute approximate surface area is 102 Å². The van der Waals surface area contributed by atoms with E-state index in [1.54, 1.807) is 0 Å². The second-order valence-corrected chi connectivity index (χ2v) is 5.51. The zero-order valence-electron chi connectivity index (χ0n) is 11.8. The maximum Gasteiger partial charge on any atom is 0.0117 e. The van der Waals surface area contributed by atoms with Gasteiger partial charge in [-0.3, -0.25) is 4.90 Å². The Morgan fingerprint density at radius 2 is 2.06 bits per heavy atom. The fourth-order valence-electron chi connectivity index (χ4n) is 3.09. The molecule has 0 spiro atoms. The van der Waals surface area contributed by atoms with Crippen LogP contribution in [0.5, 0.6) is 0 Å². The van der Waals surface area contributed by atoms with Crippen LogP contribution in [-0.2, 0) is 0 Å². The molecule has 0 aromatic rings. The molecule has 2 nitrogen and oxygen atoms in total. The van der Waals surface area contributed by atoms with Gasteiger partial charge in [0.25, 0.3) is 0 Å². The molecule has 0 radical (unpaired) electrons. The molecule has 0 aromatic heterocycles. The summed E-state index contributed by atoms with van der Waals surface area (Å²) in [5.74, 6) is 0.767. The van der Waals surface area contributed by atoms with Gasteiger partial charge in [-0.1, -0.05) is 26.7 Å². The van der Waals surface area contributed by atoms with Crippen LogP contribution in [0.1, 0.15) is 53.4 Å². The van der Waals surface area contributed by atoms with Crippen LogP contribution in [0.2, 0.25) is 0 Å². The van der Waals surface area contributed by atoms with Gasteiger partial charge in [-0.15, -0.1) is 0 Å². The number of hydrogen-bond donors (Lipinski definition) is 1. The zero-order valence-corrected chi connectivity index (χ0v) is 11.8. The van der Waals surface area contributed by atoms with Crippen molar-refractivity contribution in [3.63, 3.8) is 0 Å². The monoisotopic (exact) mass is 226 g/mol. The topological polar surface area (TPSA) is 15.3 Å². The van der Waals surface area contributed by atoms with Gasteiger partial charge < -0.3 is 5.32 Å². The van der Waals surface area contributed by atoms with Crippen LogP contribution in [0, 0.1) is 5.92 Å². The molecule has 1 rings (SSSR count). The van der Waals surface area contributed by atoms with Gasteiger partial charge in [-0.25, -0.2) is 0 Å². The Bertz CT molecular complexity index is 193. The lowest BCUT2D eigenvalue weighted by atomic mass is 9.86. The SMILES string of the molecule is CCCCC(C)N1CCC(NC)C(C)C1C. The van der Waals surface area contributed by atoms with Crippen molar-refractivity contribution in [2.45, 2.75) is 71.5 Å². The fourth-order valence-corrected chi connectivity index (χ4v) is 3.09. The van der Waals surface area contributed by atoms with E-state index in [1.807, 2.05) is 0 Å². The first-order chi connectivity index (χ1) is 7.61. The van der Waals surface area contributed by atoms with Crippen LogP contribution in [0.3, 0.4) is 0 Å². The third-order valence-electron chi connectivity index (χ3n) is 4.53. The first-order valence-corrected chi connectivity index (χ1v) is 7.04. The van der Waals surface area contributed by atoms with Gasteiger partial charge in [0.1, 0.15) is 0 Å². The highest BCUT2D eigenvalue weighted by Crippen LogP contribution is 2.26. The molecular weight excluding hydrogens is 196 g/mol. The van der Waals surface area contributed by atoms with Gasteiger partial charge in [-0.05, 0) is 39.7 Å². The molecule has 1 N–H and O–H groups in total. The van der Waals surface area contributed by atoms with Crippen molar-refractivity contribution < 1.29 is 0 Å². The molecule has 0 bridgehead atoms. The van der Waals surface area contributed by atoms with Crippen LogP contribution in [0.15, 0.2) is 0 Å². The Balaban J connectivity index is 2.49. The summed E-state index contributed by atoms with van der Waals surface area (Å²) in [5.41, 5.74) is 0. The summed E-state index contributed by atoms with van der Waals surface area (Å²) < 4.78 is 0. The van der Waals surface area contributed by atoms with Gasteiger partial charge in [0, 0.05) is 24.7 Å². The van der Waals surface area contributed by atoms with Gasteiger partial charge in [0.05, 0.1) is 0 Å². The first-order valence-electron chi connectivity index (χ1n) is 7.04. The van der Waals surface area contributed by atoms with E-state index >= 15 is 0 Å². The summed E-state index contributed by atoms with van der Waals surface area (Å²) in [6, 6.07) is 2.19. The molecule has 16 heavy (non-hydrogen) atoms. The smallest absolute Gasteiger partial charge is 0.0117 e. The van der Waals surface area contributed by atoms with Crippen molar-refractivity contribution in [2.75, 3.05) is 13.6 Å². The molecule has 1 aliphatic heterocycles. The molecule has 0 aliphatic carbocycles. The number of nitrogens with one attached hydrogen (secondary N) is 1. The van der Waals surface area contributed by atoms with E-state index in [2.05, 4.69) is 45.0 Å². The van der Waals surface area contributed by atoms with E-state index in [4.69, 9.17) is 0 Å². The van der Waals surface area contributed by atoms with Crippen molar-refractivity contribution >= 4 is 0 Å². The van der Waals surface area contributed by atoms with E-state index in [0.29, 0.717) is 6.04 Å². The maximum absolute atomic E-state index is 3.46. The Hall–Kier alpha value is -0.0800. The minimum atomic E-state index is 0.713. The van der Waals surface area contributed by atoms with Crippen molar-refractivity contribution in [2.24, 2.45) is 5.92 Å². The van der Waals surface area contributed by atoms with Crippen LogP contribution in [0.25, 0.3) is 0 Å². The molecule has 0 aromatic carbocycles. The summed E-state index contributed by atoms with van der Waals surface area (Å²) in [6.07, 6.45) is 5.35. The van der Waals surface area contributed by atoms with Crippen LogP contribution in [0.4, 0.5) is 0 Å². The number of likely N-dealkylation sites (tertiary alicyclic amines) is 1. The molecule has 1 fully saturated rings. The Morgan fingerprint density at radius 1 is 1.38 bits per heavy atom. The number of nitrogens with zero attached hydrogens (tertiary/aromatic N) is 1. The van der Waals surface area contributed by atoms with Crippen LogP contribution < -0.4 is 5.32 Å². The molecule has 1 saturated heterocycles. The maximum atomic E-state index is 3.46. The minimum Gasteiger partial charge on any atom is -0.317 e. The van der Waals surface area contributed by atoms with Crippen LogP contribution in [-0.4, -0.2) is 36.6 Å². The second-order valence-electron chi connectivity index (χ2n) is 5.51. The Morgan fingerprint density at radius 3 is 2.62 bits per heavy atom. The van der Waals surface area contributed by atoms with E-state index in [9.17, 15) is 0 Å². The van der Waals surface area contributed by atoms with Gasteiger partial charge in [0.2, 0.25) is 0 Å². The molecule has 96 valence electrons. The lowest BCUT2D eigenvalue weighted by Crippen LogP contribution is -2.55. The average molecular weight is 226 g/mol. The van der Waals surface area contributed by atoms with E-state index in [1.165, 1.54) is 32.2 Å². The zero-order chi connectivity index (χ0) is 12.1. The van der Waals surface area contributed by atoms with Gasteiger partial charge in [0.15, 0.2) is 0 Å². The quantitative estimate of drug-likeness (QED) is 0.775. The number of hydrogen-bond acceptors (Lipinski definition) is 2. The number of piperidine rings is 1. The predicted octanol–water partition coefficient (Wildman–Crippen LogP) is 2.88. The molecular formula is C14H30N2. The summed E-state index contributed by atoms with van der Waals surface area (Å²) in [6.45, 7) is 10.7. The normalized spacial score (nSPS) is 33.9. The molecule has 4 unspecified atom stereocenters. The molecule has 0 saturated carbocycles. The molecule has 1 aliphatic rings. The fraction of sp³-hybridized carbons (Fsp3) is 1.00. The lowest BCUT2D eigenvalue weighted by molar-refractivity contribution is 0.0510. The molecule has 2 heteroatoms. The van der Waals surface area contributed by atoms with E-state index in [0.717, 1.165) is 18.0 Å². The van der Waals surface area contributed by atoms with Crippen molar-refractivity contribution in [1.29, 1.82) is 0 Å². The predicted molar refractivity (Wildman–Crippen MR) is 71.8 cm³/mol. The minimum absolute atomic E-state index is 0.713. The van der Waals surface area contributed by atoms with E-state index in [-0.39, 0.29) is 0 Å². The standard InChI is InChI=1S/C14H30N2/c1-6-7-8-11(2)16-10-9-14(15-5)12(3)13(16)4/h11-15H,6-10H2,1-5H3. The summed E-state index contributed by atoms with van der Waals surface area (Å²) in [4.78, 5) is 2.72. The molecule has 1 heterocycles. The number of rotatable bonds is 5. The van der Waals surface area contributed by atoms with Crippen LogP contribution >= 0.6 is 0 Å². The van der Waals surface area contributed by atoms with E-state index < -0.39 is 0 Å². The summed E-state index contributed by atoms with van der Waals surface area (Å²) >= 11 is 0. The first kappa shape index (κ1) is 14.0. The largest absolute Gasteiger partial charge is 0.317 e.